The van der Waals surface area contributed by atoms with Gasteiger partial charge in [0, 0.05) is 17.7 Å². The predicted octanol–water partition coefficient (Wildman–Crippen LogP) is -0.0575. The third kappa shape index (κ3) is 3.22. The van der Waals surface area contributed by atoms with Crippen molar-refractivity contribution < 1.29 is 16.8 Å². The van der Waals surface area contributed by atoms with Crippen molar-refractivity contribution in [3.05, 3.63) is 11.3 Å². The molecule has 0 atom stereocenters. The van der Waals surface area contributed by atoms with Gasteiger partial charge in [0.2, 0.25) is 9.05 Å². The zero-order valence-corrected chi connectivity index (χ0v) is 12.0. The number of hydrogen-bond donors (Lipinski definition) is 0. The van der Waals surface area contributed by atoms with Crippen LogP contribution in [0.15, 0.2) is 5.03 Å². The van der Waals surface area contributed by atoms with Gasteiger partial charge >= 0.3 is 0 Å². The molecule has 0 aliphatic rings. The fraction of sp³-hybridized carbons (Fsp3) is 0.500. The molecule has 1 aromatic heterocycles. The Bertz CT molecular complexity index is 712. The molecule has 0 unspecified atom stereocenters. The van der Waals surface area contributed by atoms with E-state index >= 15 is 0 Å². The summed E-state index contributed by atoms with van der Waals surface area (Å²) in [6.07, 6.45) is 0. The smallest absolute Gasteiger partial charge is 0.233 e. The van der Waals surface area contributed by atoms with Gasteiger partial charge in [0.1, 0.15) is 11.6 Å². The van der Waals surface area contributed by atoms with Crippen molar-refractivity contribution in [3.8, 4) is 6.07 Å². The molecule has 0 saturated heterocycles. The summed E-state index contributed by atoms with van der Waals surface area (Å²) in [7, 11) is -1.51. The lowest BCUT2D eigenvalue weighted by Crippen LogP contribution is -2.18. The molecule has 0 aliphatic heterocycles. The summed E-state index contributed by atoms with van der Waals surface area (Å²) in [6, 6.07) is 1.74. The van der Waals surface area contributed by atoms with Gasteiger partial charge in [-0.05, 0) is 6.92 Å². The van der Waals surface area contributed by atoms with Crippen LogP contribution in [0.1, 0.15) is 11.3 Å². The van der Waals surface area contributed by atoms with Crippen LogP contribution in [0.3, 0.4) is 0 Å². The Balaban J connectivity index is 3.26. The van der Waals surface area contributed by atoms with Crippen molar-refractivity contribution in [2.45, 2.75) is 11.9 Å². The van der Waals surface area contributed by atoms with E-state index in [1.54, 1.807) is 6.07 Å². The van der Waals surface area contributed by atoms with Crippen LogP contribution < -0.4 is 0 Å². The van der Waals surface area contributed by atoms with Crippen LogP contribution >= 0.6 is 10.7 Å². The Morgan fingerprint density at radius 1 is 1.33 bits per heavy atom. The highest BCUT2D eigenvalue weighted by molar-refractivity contribution is 8.14. The van der Waals surface area contributed by atoms with Gasteiger partial charge in [0.15, 0.2) is 14.9 Å². The number of aromatic nitrogens is 2. The normalized spacial score (nSPS) is 12.3. The van der Waals surface area contributed by atoms with Crippen molar-refractivity contribution in [2.75, 3.05) is 11.5 Å². The van der Waals surface area contributed by atoms with Crippen LogP contribution in [0.4, 0.5) is 0 Å². The Morgan fingerprint density at radius 2 is 1.89 bits per heavy atom. The summed E-state index contributed by atoms with van der Waals surface area (Å²) in [5.74, 6) is -1.40. The second kappa shape index (κ2) is 4.87. The molecule has 18 heavy (non-hydrogen) atoms. The summed E-state index contributed by atoms with van der Waals surface area (Å²) in [6.45, 7) is 1.50. The van der Waals surface area contributed by atoms with Crippen LogP contribution in [-0.4, -0.2) is 38.1 Å². The molecule has 1 aromatic rings. The number of aryl methyl sites for hydroxylation is 2. The maximum atomic E-state index is 12.0. The number of hydrogen-bond acceptors (Lipinski definition) is 6. The van der Waals surface area contributed by atoms with Crippen molar-refractivity contribution in [3.63, 3.8) is 0 Å². The SMILES string of the molecule is Cc1nn(C)c(S(=O)(=O)CCS(=O)(=O)Cl)c1C#N. The van der Waals surface area contributed by atoms with Crippen LogP contribution in [0.2, 0.25) is 0 Å². The maximum absolute atomic E-state index is 12.0. The van der Waals surface area contributed by atoms with E-state index in [0.717, 1.165) is 4.68 Å². The topological polar surface area (TPSA) is 110 Å². The number of sulfone groups is 1. The highest BCUT2D eigenvalue weighted by Gasteiger charge is 2.27. The molecule has 1 rings (SSSR count). The Hall–Kier alpha value is -1.11. The lowest BCUT2D eigenvalue weighted by molar-refractivity contribution is 0.575. The lowest BCUT2D eigenvalue weighted by atomic mass is 10.3. The quantitative estimate of drug-likeness (QED) is 0.721. The van der Waals surface area contributed by atoms with Gasteiger partial charge in [-0.2, -0.15) is 10.4 Å². The average molecular weight is 312 g/mol. The van der Waals surface area contributed by atoms with E-state index in [-0.39, 0.29) is 16.3 Å². The van der Waals surface area contributed by atoms with E-state index in [9.17, 15) is 16.8 Å². The second-order valence-corrected chi connectivity index (χ2v) is 8.48. The molecular weight excluding hydrogens is 302 g/mol. The molecule has 10 heteroatoms. The molecule has 0 spiro atoms. The summed E-state index contributed by atoms with van der Waals surface area (Å²) >= 11 is 0. The van der Waals surface area contributed by atoms with Crippen LogP contribution in [0.5, 0.6) is 0 Å². The molecule has 0 saturated carbocycles. The first-order valence-electron chi connectivity index (χ1n) is 4.67. The highest BCUT2D eigenvalue weighted by Crippen LogP contribution is 2.19. The zero-order chi connectivity index (χ0) is 14.1. The Morgan fingerprint density at radius 3 is 2.33 bits per heavy atom. The molecule has 100 valence electrons. The van der Waals surface area contributed by atoms with Gasteiger partial charge in [-0.15, -0.1) is 0 Å². The molecule has 1 heterocycles. The van der Waals surface area contributed by atoms with Crippen molar-refractivity contribution >= 4 is 29.6 Å². The van der Waals surface area contributed by atoms with Gasteiger partial charge in [0.25, 0.3) is 0 Å². The molecule has 0 aliphatic carbocycles. The lowest BCUT2D eigenvalue weighted by Gasteiger charge is -2.03. The van der Waals surface area contributed by atoms with Gasteiger partial charge in [-0.25, -0.2) is 16.8 Å². The van der Waals surface area contributed by atoms with E-state index < -0.39 is 30.4 Å². The number of nitriles is 1. The monoisotopic (exact) mass is 311 g/mol. The molecular formula is C8H10ClN3O4S2. The second-order valence-electron chi connectivity index (χ2n) is 3.56. The summed E-state index contributed by atoms with van der Waals surface area (Å²) in [4.78, 5) is 0. The summed E-state index contributed by atoms with van der Waals surface area (Å²) < 4.78 is 46.5. The first-order chi connectivity index (χ1) is 8.08. The number of halogens is 1. The molecule has 0 bridgehead atoms. The van der Waals surface area contributed by atoms with Crippen LogP contribution in [-0.2, 0) is 25.9 Å². The Kier molecular flexibility index (Phi) is 4.05. The van der Waals surface area contributed by atoms with E-state index in [1.165, 1.54) is 14.0 Å². The molecule has 7 nitrogen and oxygen atoms in total. The summed E-state index contributed by atoms with van der Waals surface area (Å²) in [5.41, 5.74) is 0.191. The maximum Gasteiger partial charge on any atom is 0.233 e. The van der Waals surface area contributed by atoms with Gasteiger partial charge in [-0.3, -0.25) is 4.68 Å². The minimum atomic E-state index is -3.93. The third-order valence-corrected chi connectivity index (χ3v) is 5.38. The molecule has 0 fully saturated rings. The van der Waals surface area contributed by atoms with Crippen molar-refractivity contribution in [1.82, 2.24) is 9.78 Å². The van der Waals surface area contributed by atoms with Gasteiger partial charge < -0.3 is 0 Å². The number of nitrogens with zero attached hydrogens (tertiary/aromatic N) is 3. The van der Waals surface area contributed by atoms with Crippen molar-refractivity contribution in [2.24, 2.45) is 7.05 Å². The predicted molar refractivity (Wildman–Crippen MR) is 64.4 cm³/mol. The highest BCUT2D eigenvalue weighted by atomic mass is 35.7. The average Bonchev–Trinajstić information content (AvgIpc) is 2.49. The molecule has 0 radical (unpaired) electrons. The van der Waals surface area contributed by atoms with E-state index in [0.29, 0.717) is 0 Å². The van der Waals surface area contributed by atoms with Crippen LogP contribution in [0.25, 0.3) is 0 Å². The first-order valence-corrected chi connectivity index (χ1v) is 8.80. The molecule has 0 N–H and O–H groups in total. The van der Waals surface area contributed by atoms with E-state index in [1.807, 2.05) is 0 Å². The minimum absolute atomic E-state index is 0.0792. The Labute approximate surface area is 109 Å². The third-order valence-electron chi connectivity index (χ3n) is 2.17. The van der Waals surface area contributed by atoms with E-state index in [4.69, 9.17) is 15.9 Å². The standard InChI is InChI=1S/C8H10ClN3O4S2/c1-6-7(5-10)8(12(2)11-6)17(13,14)3-4-18(9,15)16/h3-4H2,1-2H3. The largest absolute Gasteiger partial charge is 0.256 e. The summed E-state index contributed by atoms with van der Waals surface area (Å²) in [5, 5.41) is 12.4. The van der Waals surface area contributed by atoms with Crippen LogP contribution in [0, 0.1) is 18.3 Å². The molecule has 0 amide bonds. The molecule has 0 aromatic carbocycles. The van der Waals surface area contributed by atoms with Crippen molar-refractivity contribution in [1.29, 1.82) is 5.26 Å². The fourth-order valence-electron chi connectivity index (χ4n) is 1.43. The zero-order valence-electron chi connectivity index (χ0n) is 9.58. The van der Waals surface area contributed by atoms with Gasteiger partial charge in [0.05, 0.1) is 17.2 Å². The fourth-order valence-corrected chi connectivity index (χ4v) is 4.81. The first kappa shape index (κ1) is 14.9. The van der Waals surface area contributed by atoms with Gasteiger partial charge in [-0.1, -0.05) is 0 Å². The number of rotatable bonds is 4. The minimum Gasteiger partial charge on any atom is -0.256 e. The van der Waals surface area contributed by atoms with E-state index in [2.05, 4.69) is 5.10 Å².